The summed E-state index contributed by atoms with van der Waals surface area (Å²) in [6.07, 6.45) is 5.39. The van der Waals surface area contributed by atoms with Crippen molar-refractivity contribution in [2.45, 2.75) is 57.7 Å². The van der Waals surface area contributed by atoms with E-state index < -0.39 is 0 Å². The summed E-state index contributed by atoms with van der Waals surface area (Å²) in [5.41, 5.74) is 0. The zero-order valence-electron chi connectivity index (χ0n) is 11.6. The molecule has 1 saturated carbocycles. The van der Waals surface area contributed by atoms with E-state index in [4.69, 9.17) is 4.99 Å². The van der Waals surface area contributed by atoms with Gasteiger partial charge in [0.25, 0.3) is 0 Å². The van der Waals surface area contributed by atoms with Gasteiger partial charge >= 0.3 is 0 Å². The van der Waals surface area contributed by atoms with Crippen molar-refractivity contribution in [1.29, 1.82) is 0 Å². The molecule has 0 bridgehead atoms. The zero-order chi connectivity index (χ0) is 12.5. The minimum atomic E-state index is 0.537. The van der Waals surface area contributed by atoms with Crippen molar-refractivity contribution < 1.29 is 0 Å². The van der Waals surface area contributed by atoms with Crippen LogP contribution in [0.5, 0.6) is 0 Å². The van der Waals surface area contributed by atoms with E-state index in [1.54, 1.807) is 0 Å². The van der Waals surface area contributed by atoms with Crippen LogP contribution in [-0.4, -0.2) is 47.0 Å². The molecule has 102 valence electrons. The maximum Gasteiger partial charge on any atom is 0.157 e. The Morgan fingerprint density at radius 2 is 2.11 bits per heavy atom. The van der Waals surface area contributed by atoms with Crippen molar-refractivity contribution in [3.63, 3.8) is 0 Å². The molecule has 1 saturated heterocycles. The van der Waals surface area contributed by atoms with Crippen molar-refractivity contribution in [1.82, 2.24) is 10.2 Å². The monoisotopic (exact) mass is 267 g/mol. The second kappa shape index (κ2) is 5.41. The van der Waals surface area contributed by atoms with Gasteiger partial charge in [0, 0.05) is 30.9 Å². The molecule has 18 heavy (non-hydrogen) atoms. The summed E-state index contributed by atoms with van der Waals surface area (Å²) < 4.78 is 0. The predicted octanol–water partition coefficient (Wildman–Crippen LogP) is 2.33. The highest BCUT2D eigenvalue weighted by Crippen LogP contribution is 2.30. The van der Waals surface area contributed by atoms with Crippen LogP contribution in [-0.2, 0) is 0 Å². The van der Waals surface area contributed by atoms with Gasteiger partial charge in [0.05, 0.1) is 6.04 Å². The lowest BCUT2D eigenvalue weighted by molar-refractivity contribution is 0.322. The summed E-state index contributed by atoms with van der Waals surface area (Å²) >= 11 is 1.92. The molecule has 2 aliphatic heterocycles. The number of aliphatic imine (C=N–C) groups is 1. The van der Waals surface area contributed by atoms with Crippen molar-refractivity contribution in [2.75, 3.05) is 18.8 Å². The lowest BCUT2D eigenvalue weighted by atomic mass is 10.0. The maximum atomic E-state index is 4.88. The van der Waals surface area contributed by atoms with Crippen LogP contribution in [0.4, 0.5) is 0 Å². The molecule has 2 heterocycles. The Hall–Kier alpha value is -0.220. The van der Waals surface area contributed by atoms with E-state index in [0.29, 0.717) is 18.0 Å². The number of nitrogens with zero attached hydrogens (tertiary/aromatic N) is 2. The van der Waals surface area contributed by atoms with Crippen molar-refractivity contribution in [3.05, 3.63) is 0 Å². The van der Waals surface area contributed by atoms with Crippen molar-refractivity contribution in [3.8, 4) is 0 Å². The highest BCUT2D eigenvalue weighted by molar-refractivity contribution is 8.13. The van der Waals surface area contributed by atoms with Crippen LogP contribution in [0.2, 0.25) is 0 Å². The third kappa shape index (κ3) is 3.02. The van der Waals surface area contributed by atoms with E-state index in [9.17, 15) is 0 Å². The highest BCUT2D eigenvalue weighted by Gasteiger charge is 2.34. The molecule has 0 spiro atoms. The lowest BCUT2D eigenvalue weighted by Gasteiger charge is -2.25. The van der Waals surface area contributed by atoms with Crippen LogP contribution < -0.4 is 5.32 Å². The molecular weight excluding hydrogens is 242 g/mol. The average molecular weight is 267 g/mol. The molecule has 0 aromatic rings. The highest BCUT2D eigenvalue weighted by atomic mass is 32.2. The minimum absolute atomic E-state index is 0.537. The summed E-state index contributed by atoms with van der Waals surface area (Å²) in [6.45, 7) is 7.09. The second-order valence-electron chi connectivity index (χ2n) is 6.24. The van der Waals surface area contributed by atoms with E-state index in [2.05, 4.69) is 24.1 Å². The van der Waals surface area contributed by atoms with E-state index in [1.165, 1.54) is 49.7 Å². The minimum Gasteiger partial charge on any atom is -0.361 e. The number of thioether (sulfide) groups is 1. The number of nitrogens with one attached hydrogen (secondary N) is 1. The van der Waals surface area contributed by atoms with E-state index >= 15 is 0 Å². The molecule has 0 amide bonds. The first-order valence-electron chi connectivity index (χ1n) is 7.43. The first-order chi connectivity index (χ1) is 8.72. The van der Waals surface area contributed by atoms with Gasteiger partial charge in [0.1, 0.15) is 0 Å². The second-order valence-corrected chi connectivity index (χ2v) is 7.32. The van der Waals surface area contributed by atoms with Gasteiger partial charge in [-0.1, -0.05) is 25.6 Å². The molecule has 0 aromatic heterocycles. The van der Waals surface area contributed by atoms with Gasteiger partial charge in [0.15, 0.2) is 5.17 Å². The third-order valence-electron chi connectivity index (χ3n) is 4.32. The Morgan fingerprint density at radius 1 is 1.28 bits per heavy atom. The van der Waals surface area contributed by atoms with Gasteiger partial charge in [0.2, 0.25) is 0 Å². The predicted molar refractivity (Wildman–Crippen MR) is 79.3 cm³/mol. The van der Waals surface area contributed by atoms with Gasteiger partial charge in [-0.15, -0.1) is 0 Å². The largest absolute Gasteiger partial charge is 0.361 e. The van der Waals surface area contributed by atoms with Crippen LogP contribution in [0.3, 0.4) is 0 Å². The fraction of sp³-hybridized carbons (Fsp3) is 0.929. The summed E-state index contributed by atoms with van der Waals surface area (Å²) in [4.78, 5) is 7.54. The Balaban J connectivity index is 1.52. The fourth-order valence-corrected chi connectivity index (χ4v) is 3.95. The lowest BCUT2D eigenvalue weighted by Crippen LogP contribution is -2.38. The molecule has 3 rings (SSSR count). The molecule has 1 aliphatic carbocycles. The van der Waals surface area contributed by atoms with Crippen LogP contribution in [0.1, 0.15) is 39.5 Å². The van der Waals surface area contributed by atoms with E-state index in [0.717, 1.165) is 6.04 Å². The molecule has 3 aliphatic rings. The Kier molecular flexibility index (Phi) is 3.85. The first-order valence-corrected chi connectivity index (χ1v) is 8.42. The molecule has 1 N–H and O–H groups in total. The Bertz CT molecular complexity index is 325. The van der Waals surface area contributed by atoms with Crippen molar-refractivity contribution >= 4 is 16.9 Å². The van der Waals surface area contributed by atoms with Gasteiger partial charge in [-0.3, -0.25) is 9.89 Å². The number of hydrogen-bond acceptors (Lipinski definition) is 4. The van der Waals surface area contributed by atoms with Crippen LogP contribution in [0.15, 0.2) is 4.99 Å². The van der Waals surface area contributed by atoms with Crippen LogP contribution in [0, 0.1) is 5.92 Å². The SMILES string of the molecule is CC(C)C1CCSC(NC2CCN(C3CC3)C2)=N1. The third-order valence-corrected chi connectivity index (χ3v) is 5.25. The molecular formula is C14H25N3S. The van der Waals surface area contributed by atoms with Crippen LogP contribution >= 0.6 is 11.8 Å². The zero-order valence-corrected chi connectivity index (χ0v) is 12.4. The average Bonchev–Trinajstić information content (AvgIpc) is 3.11. The molecule has 0 aromatic carbocycles. The maximum absolute atomic E-state index is 4.88. The van der Waals surface area contributed by atoms with Gasteiger partial charge < -0.3 is 5.32 Å². The Morgan fingerprint density at radius 3 is 2.83 bits per heavy atom. The smallest absolute Gasteiger partial charge is 0.157 e. The van der Waals surface area contributed by atoms with Gasteiger partial charge in [-0.05, 0) is 31.6 Å². The normalized spacial score (nSPS) is 33.8. The number of likely N-dealkylation sites (tertiary alicyclic amines) is 1. The van der Waals surface area contributed by atoms with Crippen molar-refractivity contribution in [2.24, 2.45) is 10.9 Å². The summed E-state index contributed by atoms with van der Waals surface area (Å²) in [5, 5.41) is 4.90. The molecule has 2 atom stereocenters. The number of rotatable bonds is 3. The fourth-order valence-electron chi connectivity index (χ4n) is 2.94. The van der Waals surface area contributed by atoms with E-state index in [-0.39, 0.29) is 0 Å². The Labute approximate surface area is 115 Å². The topological polar surface area (TPSA) is 27.6 Å². The van der Waals surface area contributed by atoms with Crippen LogP contribution in [0.25, 0.3) is 0 Å². The molecule has 3 nitrogen and oxygen atoms in total. The quantitative estimate of drug-likeness (QED) is 0.850. The molecule has 2 unspecified atom stereocenters. The number of hydrogen-bond donors (Lipinski definition) is 1. The first kappa shape index (κ1) is 12.8. The molecule has 0 radical (unpaired) electrons. The molecule has 2 fully saturated rings. The molecule has 4 heteroatoms. The van der Waals surface area contributed by atoms with Gasteiger partial charge in [-0.25, -0.2) is 0 Å². The summed E-state index contributed by atoms with van der Waals surface area (Å²) in [6, 6.07) is 2.10. The summed E-state index contributed by atoms with van der Waals surface area (Å²) in [5.74, 6) is 1.91. The summed E-state index contributed by atoms with van der Waals surface area (Å²) in [7, 11) is 0. The van der Waals surface area contributed by atoms with Gasteiger partial charge in [-0.2, -0.15) is 0 Å². The standard InChI is InChI=1S/C14H25N3S/c1-10(2)13-6-8-18-14(16-13)15-11-5-7-17(9-11)12-3-4-12/h10-13H,3-9H2,1-2H3,(H,15,16). The number of amidine groups is 1. The van der Waals surface area contributed by atoms with E-state index in [1.807, 2.05) is 11.8 Å².